The van der Waals surface area contributed by atoms with E-state index in [-0.39, 0.29) is 6.42 Å². The van der Waals surface area contributed by atoms with Crippen molar-refractivity contribution in [2.24, 2.45) is 0 Å². The van der Waals surface area contributed by atoms with Gasteiger partial charge in [0.1, 0.15) is 0 Å². The quantitative estimate of drug-likeness (QED) is 0.595. The molecule has 0 aromatic heterocycles. The summed E-state index contributed by atoms with van der Waals surface area (Å²) in [6.45, 7) is 0. The van der Waals surface area contributed by atoms with Gasteiger partial charge in [-0.15, -0.1) is 0 Å². The highest BCUT2D eigenvalue weighted by atomic mass is 19.4. The van der Waals surface area contributed by atoms with Gasteiger partial charge in [0, 0.05) is 6.04 Å². The Bertz CT molecular complexity index is 242. The lowest BCUT2D eigenvalue weighted by molar-refractivity contribution is -0.0887. The van der Waals surface area contributed by atoms with Crippen LogP contribution in [-0.2, 0) is 0 Å². The Kier molecular flexibility index (Phi) is 2.77. The zero-order chi connectivity index (χ0) is 10.1. The molecular weight excluding hydrogens is 183 g/mol. The van der Waals surface area contributed by atoms with Crippen molar-refractivity contribution in [2.45, 2.75) is 18.6 Å². The largest absolute Gasteiger partial charge is 0.785 e. The molecule has 0 amide bonds. The Hall–Kier alpha value is -0.810. The van der Waals surface area contributed by atoms with Crippen LogP contribution in [0.2, 0.25) is 0 Å². The van der Waals surface area contributed by atoms with Gasteiger partial charge in [0.15, 0.2) is 0 Å². The van der Waals surface area contributed by atoms with E-state index in [9.17, 15) is 18.4 Å². The highest BCUT2D eigenvalue weighted by molar-refractivity contribution is 5.29. The molecule has 0 aromatic carbocycles. The number of halogens is 3. The zero-order valence-electron chi connectivity index (χ0n) is 7.01. The molecular formula is C8H9F3NO-. The summed E-state index contributed by atoms with van der Waals surface area (Å²) in [5, 5.41) is 11.3. The van der Waals surface area contributed by atoms with E-state index in [1.807, 2.05) is 0 Å². The van der Waals surface area contributed by atoms with Gasteiger partial charge in [-0.2, -0.15) is 13.2 Å². The molecule has 1 aliphatic rings. The SMILES string of the molecule is CN([O-])C1C=CC(C(F)(F)F)=CC1. The van der Waals surface area contributed by atoms with Gasteiger partial charge in [-0.3, -0.25) is 0 Å². The number of hydrogen-bond donors (Lipinski definition) is 0. The predicted octanol–water partition coefficient (Wildman–Crippen LogP) is 2.23. The third-order valence-corrected chi connectivity index (χ3v) is 1.87. The predicted molar refractivity (Wildman–Crippen MR) is 42.8 cm³/mol. The third-order valence-electron chi connectivity index (χ3n) is 1.87. The Morgan fingerprint density at radius 1 is 1.54 bits per heavy atom. The van der Waals surface area contributed by atoms with Crippen molar-refractivity contribution in [3.05, 3.63) is 29.0 Å². The first-order valence-electron chi connectivity index (χ1n) is 3.77. The maximum atomic E-state index is 12.1. The smallest absolute Gasteiger partial charge is 0.416 e. The second-order valence-corrected chi connectivity index (χ2v) is 2.87. The molecule has 1 atom stereocenters. The highest BCUT2D eigenvalue weighted by Gasteiger charge is 2.32. The van der Waals surface area contributed by atoms with Crippen LogP contribution in [0.5, 0.6) is 0 Å². The zero-order valence-corrected chi connectivity index (χ0v) is 7.01. The molecule has 0 fully saturated rings. The fourth-order valence-electron chi connectivity index (χ4n) is 1.09. The maximum absolute atomic E-state index is 12.1. The van der Waals surface area contributed by atoms with Crippen molar-refractivity contribution in [2.75, 3.05) is 7.05 Å². The van der Waals surface area contributed by atoms with E-state index < -0.39 is 17.8 Å². The number of likely N-dealkylation sites (N-methyl/N-ethyl adjacent to an activating group) is 1. The van der Waals surface area contributed by atoms with E-state index in [2.05, 4.69) is 0 Å². The van der Waals surface area contributed by atoms with Crippen LogP contribution < -0.4 is 0 Å². The van der Waals surface area contributed by atoms with E-state index in [4.69, 9.17) is 0 Å². The second kappa shape index (κ2) is 3.51. The van der Waals surface area contributed by atoms with Gasteiger partial charge in [-0.25, -0.2) is 0 Å². The van der Waals surface area contributed by atoms with Crippen molar-refractivity contribution in [3.63, 3.8) is 0 Å². The molecule has 2 nitrogen and oxygen atoms in total. The van der Waals surface area contributed by atoms with Gasteiger partial charge in [0.25, 0.3) is 0 Å². The second-order valence-electron chi connectivity index (χ2n) is 2.87. The van der Waals surface area contributed by atoms with Crippen LogP contribution in [0, 0.1) is 5.21 Å². The number of alkyl halides is 3. The summed E-state index contributed by atoms with van der Waals surface area (Å²) >= 11 is 0. The van der Waals surface area contributed by atoms with Crippen LogP contribution >= 0.6 is 0 Å². The van der Waals surface area contributed by atoms with Gasteiger partial charge >= 0.3 is 6.18 Å². The Labute approximate surface area is 73.9 Å². The van der Waals surface area contributed by atoms with E-state index in [0.29, 0.717) is 5.06 Å². The maximum Gasteiger partial charge on any atom is 0.416 e. The number of nitrogens with zero attached hydrogens (tertiary/aromatic N) is 1. The van der Waals surface area contributed by atoms with Crippen LogP contribution in [-0.4, -0.2) is 24.3 Å². The van der Waals surface area contributed by atoms with Gasteiger partial charge in [0.05, 0.1) is 5.57 Å². The molecule has 74 valence electrons. The summed E-state index contributed by atoms with van der Waals surface area (Å²) in [6.07, 6.45) is -0.925. The summed E-state index contributed by atoms with van der Waals surface area (Å²) in [6, 6.07) is -0.467. The minimum atomic E-state index is -4.30. The monoisotopic (exact) mass is 192 g/mol. The summed E-state index contributed by atoms with van der Waals surface area (Å²) < 4.78 is 36.2. The molecule has 0 saturated carbocycles. The fourth-order valence-corrected chi connectivity index (χ4v) is 1.09. The fraction of sp³-hybridized carbons (Fsp3) is 0.500. The molecule has 0 bridgehead atoms. The Balaban J connectivity index is 2.66. The van der Waals surface area contributed by atoms with E-state index >= 15 is 0 Å². The van der Waals surface area contributed by atoms with Crippen molar-refractivity contribution in [3.8, 4) is 0 Å². The standard InChI is InChI=1S/C8H9F3NO/c1-12(13)7-4-2-6(3-5-7)8(9,10)11/h2-4,7H,5H2,1H3/q-1. The van der Waals surface area contributed by atoms with E-state index in [0.717, 1.165) is 12.2 Å². The van der Waals surface area contributed by atoms with Crippen LogP contribution in [0.15, 0.2) is 23.8 Å². The minimum Gasteiger partial charge on any atom is -0.785 e. The lowest BCUT2D eigenvalue weighted by atomic mass is 10.0. The van der Waals surface area contributed by atoms with E-state index in [1.54, 1.807) is 0 Å². The molecule has 1 unspecified atom stereocenters. The number of hydroxylamine groups is 2. The average molecular weight is 192 g/mol. The van der Waals surface area contributed by atoms with Crippen LogP contribution in [0.1, 0.15) is 6.42 Å². The number of rotatable bonds is 1. The first-order chi connectivity index (χ1) is 5.91. The van der Waals surface area contributed by atoms with Crippen LogP contribution in [0.4, 0.5) is 13.2 Å². The molecule has 0 aromatic rings. The molecule has 5 heteroatoms. The lowest BCUT2D eigenvalue weighted by Crippen LogP contribution is -2.26. The molecule has 1 rings (SSSR count). The summed E-state index contributed by atoms with van der Waals surface area (Å²) in [5.41, 5.74) is -0.675. The van der Waals surface area contributed by atoms with Crippen molar-refractivity contribution < 1.29 is 13.2 Å². The molecule has 0 spiro atoms. The number of allylic oxidation sites excluding steroid dienone is 2. The van der Waals surface area contributed by atoms with Crippen LogP contribution in [0.3, 0.4) is 0 Å². The normalized spacial score (nSPS) is 23.5. The summed E-state index contributed by atoms with van der Waals surface area (Å²) in [4.78, 5) is 0. The molecule has 0 N–H and O–H groups in total. The van der Waals surface area contributed by atoms with E-state index in [1.165, 1.54) is 13.1 Å². The lowest BCUT2D eigenvalue weighted by Gasteiger charge is -2.32. The van der Waals surface area contributed by atoms with Crippen molar-refractivity contribution in [1.29, 1.82) is 0 Å². The molecule has 0 aliphatic heterocycles. The van der Waals surface area contributed by atoms with Crippen molar-refractivity contribution >= 4 is 0 Å². The van der Waals surface area contributed by atoms with Gasteiger partial charge < -0.3 is 10.3 Å². The van der Waals surface area contributed by atoms with Gasteiger partial charge in [-0.05, 0) is 13.5 Å². The van der Waals surface area contributed by atoms with Crippen LogP contribution in [0.25, 0.3) is 0 Å². The van der Waals surface area contributed by atoms with Gasteiger partial charge in [0.2, 0.25) is 0 Å². The van der Waals surface area contributed by atoms with Gasteiger partial charge in [-0.1, -0.05) is 18.2 Å². The molecule has 1 aliphatic carbocycles. The summed E-state index contributed by atoms with van der Waals surface area (Å²) in [5.74, 6) is 0. The summed E-state index contributed by atoms with van der Waals surface area (Å²) in [7, 11) is 1.29. The number of hydrogen-bond acceptors (Lipinski definition) is 2. The molecule has 0 heterocycles. The molecule has 0 saturated heterocycles. The molecule has 13 heavy (non-hydrogen) atoms. The average Bonchev–Trinajstić information content (AvgIpc) is 2.03. The Morgan fingerprint density at radius 2 is 2.15 bits per heavy atom. The topological polar surface area (TPSA) is 26.3 Å². The third kappa shape index (κ3) is 2.57. The Morgan fingerprint density at radius 3 is 2.46 bits per heavy atom. The first kappa shape index (κ1) is 10.3. The minimum absolute atomic E-state index is 0.116. The highest BCUT2D eigenvalue weighted by Crippen LogP contribution is 2.29. The first-order valence-corrected chi connectivity index (χ1v) is 3.77. The molecule has 0 radical (unpaired) electrons. The van der Waals surface area contributed by atoms with Crippen molar-refractivity contribution in [1.82, 2.24) is 5.06 Å².